The minimum Gasteiger partial charge on any atom is -0.456 e. The van der Waals surface area contributed by atoms with Crippen LogP contribution in [0.4, 0.5) is 0 Å². The molecular formula is C25H28BrN3O4SSi. The van der Waals surface area contributed by atoms with Gasteiger partial charge in [-0.25, -0.2) is 13.4 Å². The molecule has 10 heteroatoms. The smallest absolute Gasteiger partial charge is 0.175 e. The van der Waals surface area contributed by atoms with Gasteiger partial charge in [0.2, 0.25) is 0 Å². The van der Waals surface area contributed by atoms with Crippen LogP contribution in [-0.4, -0.2) is 43.9 Å². The SMILES string of the molecule is C[Si](C)(C)CCOCn1c(-c2ccccn2)nc2cc(Oc3ccc(S(C)(=O)=O)cc3)c(Br)cc21. The third-order valence-corrected chi connectivity index (χ3v) is 8.84. The van der Waals surface area contributed by atoms with Crippen LogP contribution >= 0.6 is 15.9 Å². The van der Waals surface area contributed by atoms with Crippen molar-refractivity contribution in [2.45, 2.75) is 37.3 Å². The normalized spacial score (nSPS) is 12.3. The molecule has 4 rings (SSSR count). The molecule has 0 unspecified atom stereocenters. The molecule has 0 radical (unpaired) electrons. The Balaban J connectivity index is 1.67. The van der Waals surface area contributed by atoms with Crippen LogP contribution in [0, 0.1) is 0 Å². The van der Waals surface area contributed by atoms with E-state index in [1.54, 1.807) is 18.3 Å². The van der Waals surface area contributed by atoms with Gasteiger partial charge in [0.05, 0.1) is 20.4 Å². The van der Waals surface area contributed by atoms with Crippen LogP contribution in [0.3, 0.4) is 0 Å². The molecule has 4 aromatic rings. The maximum atomic E-state index is 11.7. The van der Waals surface area contributed by atoms with Crippen molar-refractivity contribution >= 4 is 44.9 Å². The Hall–Kier alpha value is -2.53. The molecule has 0 bridgehead atoms. The molecule has 0 aliphatic carbocycles. The molecule has 0 fully saturated rings. The molecule has 184 valence electrons. The molecule has 35 heavy (non-hydrogen) atoms. The van der Waals surface area contributed by atoms with E-state index in [0.29, 0.717) is 24.8 Å². The van der Waals surface area contributed by atoms with Crippen molar-refractivity contribution in [1.29, 1.82) is 0 Å². The first-order valence-electron chi connectivity index (χ1n) is 11.2. The largest absolute Gasteiger partial charge is 0.456 e. The summed E-state index contributed by atoms with van der Waals surface area (Å²) in [5, 5.41) is 0. The molecule has 0 atom stereocenters. The zero-order valence-corrected chi connectivity index (χ0v) is 23.6. The van der Waals surface area contributed by atoms with Crippen LogP contribution in [0.15, 0.2) is 70.2 Å². The Kier molecular flexibility index (Phi) is 7.46. The lowest BCUT2D eigenvalue weighted by atomic mass is 10.3. The number of aromatic nitrogens is 3. The zero-order valence-electron chi connectivity index (χ0n) is 20.2. The lowest BCUT2D eigenvalue weighted by molar-refractivity contribution is 0.0909. The number of hydrogen-bond donors (Lipinski definition) is 0. The van der Waals surface area contributed by atoms with Crippen LogP contribution in [0.5, 0.6) is 11.5 Å². The number of rotatable bonds is 9. The van der Waals surface area contributed by atoms with Gasteiger partial charge in [0, 0.05) is 33.2 Å². The lowest BCUT2D eigenvalue weighted by Crippen LogP contribution is -2.22. The molecule has 2 heterocycles. The highest BCUT2D eigenvalue weighted by Crippen LogP contribution is 2.35. The number of hydrogen-bond acceptors (Lipinski definition) is 6. The summed E-state index contributed by atoms with van der Waals surface area (Å²) < 4.78 is 38.3. The fourth-order valence-corrected chi connectivity index (χ4v) is 5.24. The topological polar surface area (TPSA) is 83.3 Å². The summed E-state index contributed by atoms with van der Waals surface area (Å²) in [6.45, 7) is 8.05. The summed E-state index contributed by atoms with van der Waals surface area (Å²) in [6, 6.07) is 17.0. The highest BCUT2D eigenvalue weighted by molar-refractivity contribution is 9.10. The van der Waals surface area contributed by atoms with Crippen molar-refractivity contribution in [2.24, 2.45) is 0 Å². The quantitative estimate of drug-likeness (QED) is 0.171. The van der Waals surface area contributed by atoms with E-state index in [4.69, 9.17) is 14.5 Å². The summed E-state index contributed by atoms with van der Waals surface area (Å²) >= 11 is 3.62. The third kappa shape index (κ3) is 6.37. The van der Waals surface area contributed by atoms with Gasteiger partial charge in [-0.05, 0) is 64.4 Å². The van der Waals surface area contributed by atoms with Crippen LogP contribution in [0.25, 0.3) is 22.6 Å². The third-order valence-electron chi connectivity index (χ3n) is 5.39. The lowest BCUT2D eigenvalue weighted by Gasteiger charge is -2.16. The maximum absolute atomic E-state index is 11.7. The first-order chi connectivity index (χ1) is 16.5. The summed E-state index contributed by atoms with van der Waals surface area (Å²) in [5.41, 5.74) is 2.39. The molecule has 0 amide bonds. The predicted molar refractivity (Wildman–Crippen MR) is 144 cm³/mol. The predicted octanol–water partition coefficient (Wildman–Crippen LogP) is 6.37. The monoisotopic (exact) mass is 573 g/mol. The highest BCUT2D eigenvalue weighted by Gasteiger charge is 2.18. The number of halogens is 1. The molecular weight excluding hydrogens is 546 g/mol. The first-order valence-corrected chi connectivity index (χ1v) is 17.6. The second-order valence-corrected chi connectivity index (χ2v) is 18.0. The zero-order chi connectivity index (χ0) is 25.2. The molecule has 0 spiro atoms. The average molecular weight is 575 g/mol. The summed E-state index contributed by atoms with van der Waals surface area (Å²) in [4.78, 5) is 9.58. The van der Waals surface area contributed by atoms with E-state index in [1.807, 2.05) is 34.9 Å². The number of imidazole rings is 1. The number of fused-ring (bicyclic) bond motifs is 1. The van der Waals surface area contributed by atoms with Crippen molar-refractivity contribution in [3.8, 4) is 23.0 Å². The van der Waals surface area contributed by atoms with Crippen molar-refractivity contribution in [3.63, 3.8) is 0 Å². The fourth-order valence-electron chi connectivity index (χ4n) is 3.44. The Labute approximate surface area is 215 Å². The van der Waals surface area contributed by atoms with Gasteiger partial charge >= 0.3 is 0 Å². The summed E-state index contributed by atoms with van der Waals surface area (Å²) in [5.74, 6) is 1.81. The summed E-state index contributed by atoms with van der Waals surface area (Å²) in [7, 11) is -4.47. The number of sulfone groups is 1. The molecule has 7 nitrogen and oxygen atoms in total. The molecule has 2 aromatic heterocycles. The van der Waals surface area contributed by atoms with Crippen LogP contribution < -0.4 is 4.74 Å². The molecule has 0 saturated heterocycles. The molecule has 0 saturated carbocycles. The molecule has 2 aromatic carbocycles. The van der Waals surface area contributed by atoms with Gasteiger partial charge < -0.3 is 9.47 Å². The van der Waals surface area contributed by atoms with E-state index >= 15 is 0 Å². The van der Waals surface area contributed by atoms with E-state index in [0.717, 1.165) is 33.1 Å². The van der Waals surface area contributed by atoms with Gasteiger partial charge in [0.15, 0.2) is 15.7 Å². The molecule has 0 N–H and O–H groups in total. The molecule has 0 aliphatic heterocycles. The van der Waals surface area contributed by atoms with Gasteiger partial charge in [-0.3, -0.25) is 9.55 Å². The van der Waals surface area contributed by atoms with E-state index in [1.165, 1.54) is 18.4 Å². The number of pyridine rings is 1. The first kappa shape index (κ1) is 25.6. The van der Waals surface area contributed by atoms with E-state index < -0.39 is 17.9 Å². The van der Waals surface area contributed by atoms with Crippen molar-refractivity contribution in [1.82, 2.24) is 14.5 Å². The van der Waals surface area contributed by atoms with Crippen molar-refractivity contribution < 1.29 is 17.9 Å². The maximum Gasteiger partial charge on any atom is 0.175 e. The Morgan fingerprint density at radius 3 is 2.43 bits per heavy atom. The standard InChI is InChI=1S/C25H28BrN3O4SSi/c1-34(30,31)19-10-8-18(9-11-19)33-24-16-22-23(15-20(24)26)29(17-32-13-14-35(2,3)4)25(28-22)21-7-5-6-12-27-21/h5-12,15-16H,13-14,17H2,1-4H3. The van der Waals surface area contributed by atoms with Crippen LogP contribution in [0.1, 0.15) is 0 Å². The van der Waals surface area contributed by atoms with Crippen LogP contribution in [-0.2, 0) is 21.3 Å². The summed E-state index contributed by atoms with van der Waals surface area (Å²) in [6.07, 6.45) is 2.92. The Morgan fingerprint density at radius 1 is 1.06 bits per heavy atom. The van der Waals surface area contributed by atoms with Crippen molar-refractivity contribution in [3.05, 3.63) is 65.3 Å². The van der Waals surface area contributed by atoms with Gasteiger partial charge in [-0.1, -0.05) is 25.7 Å². The van der Waals surface area contributed by atoms with E-state index in [9.17, 15) is 8.42 Å². The molecule has 0 aliphatic rings. The van der Waals surface area contributed by atoms with E-state index in [-0.39, 0.29) is 4.90 Å². The number of benzene rings is 2. The van der Waals surface area contributed by atoms with Gasteiger partial charge in [-0.2, -0.15) is 0 Å². The van der Waals surface area contributed by atoms with E-state index in [2.05, 4.69) is 40.6 Å². The van der Waals surface area contributed by atoms with Gasteiger partial charge in [0.1, 0.15) is 23.9 Å². The van der Waals surface area contributed by atoms with Gasteiger partial charge in [0.25, 0.3) is 0 Å². The minimum absolute atomic E-state index is 0.243. The minimum atomic E-state index is -3.27. The van der Waals surface area contributed by atoms with Gasteiger partial charge in [-0.15, -0.1) is 0 Å². The Bertz CT molecular complexity index is 1430. The second kappa shape index (κ2) is 10.2. The number of nitrogens with zero attached hydrogens (tertiary/aromatic N) is 3. The Morgan fingerprint density at radius 2 is 1.80 bits per heavy atom. The fraction of sp³-hybridized carbons (Fsp3) is 0.280. The van der Waals surface area contributed by atoms with Crippen LogP contribution in [0.2, 0.25) is 25.7 Å². The average Bonchev–Trinajstić information content (AvgIpc) is 3.14. The highest BCUT2D eigenvalue weighted by atomic mass is 79.9. The number of ether oxygens (including phenoxy) is 2. The second-order valence-electron chi connectivity index (χ2n) is 9.54. The van der Waals surface area contributed by atoms with Crippen molar-refractivity contribution in [2.75, 3.05) is 12.9 Å².